The summed E-state index contributed by atoms with van der Waals surface area (Å²) < 4.78 is 15.9. The number of hydrogen-bond donors (Lipinski definition) is 0. The third-order valence-electron chi connectivity index (χ3n) is 4.80. The summed E-state index contributed by atoms with van der Waals surface area (Å²) in [6, 6.07) is 0. The van der Waals surface area contributed by atoms with E-state index in [1.165, 1.54) is 0 Å². The number of nitrogens with zero attached hydrogens (tertiary/aromatic N) is 2. The van der Waals surface area contributed by atoms with E-state index >= 15 is 0 Å². The zero-order valence-electron chi connectivity index (χ0n) is 15.5. The summed E-state index contributed by atoms with van der Waals surface area (Å²) >= 11 is 0. The second kappa shape index (κ2) is 6.04. The molecule has 1 saturated heterocycles. The molecule has 1 aliphatic carbocycles. The molecule has 0 aromatic carbocycles. The molecule has 0 atom stereocenters. The van der Waals surface area contributed by atoms with Crippen LogP contribution < -0.4 is 0 Å². The highest BCUT2D eigenvalue weighted by Gasteiger charge is 2.56. The maximum Gasteiger partial charge on any atom is 0.410 e. The lowest BCUT2D eigenvalue weighted by Gasteiger charge is -2.58. The quantitative estimate of drug-likeness (QED) is 0.778. The number of aryl methyl sites for hydroxylation is 1. The monoisotopic (exact) mass is 350 g/mol. The van der Waals surface area contributed by atoms with E-state index in [1.807, 2.05) is 20.8 Å². The van der Waals surface area contributed by atoms with Crippen LogP contribution in [0.4, 0.5) is 4.79 Å². The van der Waals surface area contributed by atoms with Crippen LogP contribution in [0.3, 0.4) is 0 Å². The summed E-state index contributed by atoms with van der Waals surface area (Å²) in [4.78, 5) is 25.9. The summed E-state index contributed by atoms with van der Waals surface area (Å²) in [5.74, 6) is 0.403. The van der Waals surface area contributed by atoms with E-state index in [0.717, 1.165) is 12.8 Å². The molecule has 1 aliphatic heterocycles. The summed E-state index contributed by atoms with van der Waals surface area (Å²) in [6.07, 6.45) is 1.50. The lowest BCUT2D eigenvalue weighted by atomic mass is 9.57. The van der Waals surface area contributed by atoms with E-state index in [9.17, 15) is 9.59 Å². The van der Waals surface area contributed by atoms with Gasteiger partial charge in [-0.1, -0.05) is 5.16 Å². The minimum absolute atomic E-state index is 0.119. The van der Waals surface area contributed by atoms with Crippen LogP contribution >= 0.6 is 0 Å². The van der Waals surface area contributed by atoms with Crippen LogP contribution in [0.5, 0.6) is 0 Å². The highest BCUT2D eigenvalue weighted by molar-refractivity contribution is 5.91. The summed E-state index contributed by atoms with van der Waals surface area (Å²) in [6.45, 7) is 10.8. The van der Waals surface area contributed by atoms with E-state index in [-0.39, 0.29) is 23.4 Å². The Morgan fingerprint density at radius 1 is 1.32 bits per heavy atom. The van der Waals surface area contributed by atoms with E-state index in [1.54, 1.807) is 18.7 Å². The first kappa shape index (κ1) is 17.8. The fourth-order valence-electron chi connectivity index (χ4n) is 3.77. The van der Waals surface area contributed by atoms with Crippen molar-refractivity contribution in [2.24, 2.45) is 5.41 Å². The van der Waals surface area contributed by atoms with Crippen LogP contribution in [0.25, 0.3) is 0 Å². The van der Waals surface area contributed by atoms with Crippen molar-refractivity contribution in [1.82, 2.24) is 10.1 Å². The number of aromatic nitrogens is 1. The molecule has 1 amide bonds. The first-order valence-corrected chi connectivity index (χ1v) is 8.75. The first-order chi connectivity index (χ1) is 11.6. The highest BCUT2D eigenvalue weighted by Crippen LogP contribution is 2.56. The minimum atomic E-state index is -0.478. The molecule has 7 heteroatoms. The van der Waals surface area contributed by atoms with Gasteiger partial charge in [-0.05, 0) is 47.5 Å². The predicted octanol–water partition coefficient (Wildman–Crippen LogP) is 3.27. The molecule has 7 nitrogen and oxygen atoms in total. The van der Waals surface area contributed by atoms with Gasteiger partial charge in [0.05, 0.1) is 12.3 Å². The number of hydrogen-bond acceptors (Lipinski definition) is 6. The van der Waals surface area contributed by atoms with Gasteiger partial charge >= 0.3 is 12.1 Å². The smallest absolute Gasteiger partial charge is 0.410 e. The van der Waals surface area contributed by atoms with Crippen LogP contribution in [0.15, 0.2) is 4.52 Å². The van der Waals surface area contributed by atoms with Gasteiger partial charge in [-0.15, -0.1) is 0 Å². The summed E-state index contributed by atoms with van der Waals surface area (Å²) in [5, 5.41) is 3.94. The number of carbonyl (C=O) groups is 2. The maximum absolute atomic E-state index is 12.1. The van der Waals surface area contributed by atoms with Gasteiger partial charge in [0.25, 0.3) is 0 Å². The number of amides is 1. The Kier molecular flexibility index (Phi) is 4.29. The molecule has 3 rings (SSSR count). The molecule has 1 aromatic rings. The molecule has 2 fully saturated rings. The second-order valence-electron chi connectivity index (χ2n) is 8.17. The number of esters is 1. The van der Waals surface area contributed by atoms with Crippen molar-refractivity contribution in [2.75, 3.05) is 19.7 Å². The standard InChI is InChI=1S/C18H26N2O5/c1-6-23-15(21)13-11(2)19-25-14(13)12-7-18(8-12)9-20(10-18)16(22)24-17(3,4)5/h12H,6-10H2,1-5H3. The fourth-order valence-corrected chi connectivity index (χ4v) is 3.77. The van der Waals surface area contributed by atoms with Crippen LogP contribution in [0, 0.1) is 12.3 Å². The lowest BCUT2D eigenvalue weighted by molar-refractivity contribution is -0.0819. The third kappa shape index (κ3) is 3.37. The van der Waals surface area contributed by atoms with E-state index < -0.39 is 5.60 Å². The highest BCUT2D eigenvalue weighted by atomic mass is 16.6. The fraction of sp³-hybridized carbons (Fsp3) is 0.722. The lowest BCUT2D eigenvalue weighted by Crippen LogP contribution is -2.63. The Hall–Kier alpha value is -2.05. The van der Waals surface area contributed by atoms with Gasteiger partial charge in [-0.25, -0.2) is 9.59 Å². The van der Waals surface area contributed by atoms with E-state index in [0.29, 0.717) is 36.7 Å². The zero-order chi connectivity index (χ0) is 18.4. The molecule has 25 heavy (non-hydrogen) atoms. The zero-order valence-corrected chi connectivity index (χ0v) is 15.5. The topological polar surface area (TPSA) is 81.9 Å². The van der Waals surface area contributed by atoms with Crippen molar-refractivity contribution in [2.45, 2.75) is 59.0 Å². The normalized spacial score (nSPS) is 19.3. The predicted molar refractivity (Wildman–Crippen MR) is 89.4 cm³/mol. The Bertz CT molecular complexity index is 674. The number of ether oxygens (including phenoxy) is 2. The molecule has 1 aromatic heterocycles. The Morgan fingerprint density at radius 2 is 1.96 bits per heavy atom. The van der Waals surface area contributed by atoms with Crippen molar-refractivity contribution >= 4 is 12.1 Å². The van der Waals surface area contributed by atoms with Crippen molar-refractivity contribution < 1.29 is 23.6 Å². The molecular formula is C18H26N2O5. The number of rotatable bonds is 3. The Labute approximate surface area is 147 Å². The molecule has 1 spiro atoms. The molecule has 0 unspecified atom stereocenters. The number of likely N-dealkylation sites (tertiary alicyclic amines) is 1. The SMILES string of the molecule is CCOC(=O)c1c(C)noc1C1CC2(C1)CN(C(=O)OC(C)(C)C)C2. The van der Waals surface area contributed by atoms with Gasteiger partial charge in [0.2, 0.25) is 0 Å². The molecule has 0 N–H and O–H groups in total. The van der Waals surface area contributed by atoms with Gasteiger partial charge in [-0.2, -0.15) is 0 Å². The van der Waals surface area contributed by atoms with Crippen LogP contribution in [-0.2, 0) is 9.47 Å². The van der Waals surface area contributed by atoms with Crippen LogP contribution in [0.1, 0.15) is 68.3 Å². The average molecular weight is 350 g/mol. The van der Waals surface area contributed by atoms with Gasteiger partial charge < -0.3 is 18.9 Å². The summed E-state index contributed by atoms with van der Waals surface area (Å²) in [5.41, 5.74) is 0.672. The molecule has 1 saturated carbocycles. The van der Waals surface area contributed by atoms with Crippen molar-refractivity contribution in [3.8, 4) is 0 Å². The molecule has 2 heterocycles. The van der Waals surface area contributed by atoms with Crippen molar-refractivity contribution in [3.63, 3.8) is 0 Å². The van der Waals surface area contributed by atoms with Gasteiger partial charge in [0.15, 0.2) is 5.76 Å². The van der Waals surface area contributed by atoms with Crippen LogP contribution in [-0.4, -0.2) is 47.4 Å². The molecular weight excluding hydrogens is 324 g/mol. The van der Waals surface area contributed by atoms with Gasteiger partial charge in [0, 0.05) is 24.4 Å². The van der Waals surface area contributed by atoms with Crippen molar-refractivity contribution in [1.29, 1.82) is 0 Å². The molecule has 0 bridgehead atoms. The van der Waals surface area contributed by atoms with Crippen molar-refractivity contribution in [3.05, 3.63) is 17.0 Å². The summed E-state index contributed by atoms with van der Waals surface area (Å²) in [7, 11) is 0. The van der Waals surface area contributed by atoms with Gasteiger partial charge in [-0.3, -0.25) is 0 Å². The Morgan fingerprint density at radius 3 is 2.52 bits per heavy atom. The third-order valence-corrected chi connectivity index (χ3v) is 4.80. The minimum Gasteiger partial charge on any atom is -0.462 e. The Balaban J connectivity index is 1.58. The van der Waals surface area contributed by atoms with E-state index in [2.05, 4.69) is 5.16 Å². The molecule has 2 aliphatic rings. The molecule has 138 valence electrons. The van der Waals surface area contributed by atoms with Crippen LogP contribution in [0.2, 0.25) is 0 Å². The molecule has 0 radical (unpaired) electrons. The first-order valence-electron chi connectivity index (χ1n) is 8.75. The maximum atomic E-state index is 12.1. The van der Waals surface area contributed by atoms with Gasteiger partial charge in [0.1, 0.15) is 11.2 Å². The largest absolute Gasteiger partial charge is 0.462 e. The second-order valence-corrected chi connectivity index (χ2v) is 8.17. The van der Waals surface area contributed by atoms with E-state index in [4.69, 9.17) is 14.0 Å². The number of carbonyl (C=O) groups excluding carboxylic acids is 2. The average Bonchev–Trinajstić information content (AvgIpc) is 2.75.